The molecule has 0 aliphatic rings. The van der Waals surface area contributed by atoms with Crippen molar-refractivity contribution in [2.24, 2.45) is 0 Å². The number of amides is 3. The van der Waals surface area contributed by atoms with Crippen LogP contribution in [-0.2, 0) is 4.79 Å². The van der Waals surface area contributed by atoms with Crippen LogP contribution >= 0.6 is 0 Å². The Labute approximate surface area is 155 Å². The number of non-ortho nitro benzene ring substituents is 1. The lowest BCUT2D eigenvalue weighted by molar-refractivity contribution is -0.384. The number of ether oxygens (including phenoxy) is 2. The van der Waals surface area contributed by atoms with Crippen molar-refractivity contribution in [2.75, 3.05) is 20.3 Å². The van der Waals surface area contributed by atoms with Gasteiger partial charge < -0.3 is 14.8 Å². The highest BCUT2D eigenvalue weighted by Crippen LogP contribution is 2.34. The zero-order valence-corrected chi connectivity index (χ0v) is 14.9. The third-order valence-electron chi connectivity index (χ3n) is 3.52. The number of urea groups is 1. The molecule has 2 aromatic carbocycles. The lowest BCUT2D eigenvalue weighted by Crippen LogP contribution is -2.41. The summed E-state index contributed by atoms with van der Waals surface area (Å²) >= 11 is 0. The number of carbonyl (C=O) groups is 2. The van der Waals surface area contributed by atoms with E-state index in [0.717, 1.165) is 0 Å². The average molecular weight is 373 g/mol. The third-order valence-corrected chi connectivity index (χ3v) is 3.52. The van der Waals surface area contributed by atoms with Crippen molar-refractivity contribution in [1.82, 2.24) is 10.6 Å². The van der Waals surface area contributed by atoms with Crippen molar-refractivity contribution < 1.29 is 24.0 Å². The Hall–Kier alpha value is -3.62. The molecular weight excluding hydrogens is 354 g/mol. The maximum atomic E-state index is 11.8. The molecule has 0 aromatic heterocycles. The highest BCUT2D eigenvalue weighted by Gasteiger charge is 2.15. The second kappa shape index (κ2) is 9.18. The smallest absolute Gasteiger partial charge is 0.321 e. The van der Waals surface area contributed by atoms with E-state index in [-0.39, 0.29) is 11.4 Å². The molecule has 142 valence electrons. The first-order chi connectivity index (χ1) is 12.9. The number of carbonyl (C=O) groups excluding carboxylic acids is 2. The molecule has 0 radical (unpaired) electrons. The summed E-state index contributed by atoms with van der Waals surface area (Å²) in [6, 6.07) is 10.3. The summed E-state index contributed by atoms with van der Waals surface area (Å²) < 4.78 is 10.6. The number of nitro benzene ring substituents is 1. The van der Waals surface area contributed by atoms with Crippen LogP contribution in [0.5, 0.6) is 11.5 Å². The minimum absolute atomic E-state index is 0.111. The van der Waals surface area contributed by atoms with Crippen molar-refractivity contribution in [3.63, 3.8) is 0 Å². The van der Waals surface area contributed by atoms with E-state index in [1.54, 1.807) is 31.2 Å². The second-order valence-corrected chi connectivity index (χ2v) is 5.36. The molecule has 9 heteroatoms. The number of nitro groups is 1. The van der Waals surface area contributed by atoms with Crippen LogP contribution in [0.2, 0.25) is 0 Å². The van der Waals surface area contributed by atoms with Crippen LogP contribution in [0.15, 0.2) is 42.5 Å². The Morgan fingerprint density at radius 3 is 2.44 bits per heavy atom. The molecule has 2 N–H and O–H groups in total. The van der Waals surface area contributed by atoms with Gasteiger partial charge in [0.1, 0.15) is 11.5 Å². The molecule has 0 fully saturated rings. The number of imide groups is 1. The topological polar surface area (TPSA) is 120 Å². The van der Waals surface area contributed by atoms with Gasteiger partial charge in [-0.1, -0.05) is 12.1 Å². The highest BCUT2D eigenvalue weighted by atomic mass is 16.6. The number of hydrogen-bond donors (Lipinski definition) is 2. The zero-order chi connectivity index (χ0) is 19.8. The van der Waals surface area contributed by atoms with Gasteiger partial charge in [0.15, 0.2) is 6.61 Å². The minimum Gasteiger partial charge on any atom is -0.497 e. The van der Waals surface area contributed by atoms with Gasteiger partial charge >= 0.3 is 6.03 Å². The second-order valence-electron chi connectivity index (χ2n) is 5.36. The molecule has 0 spiro atoms. The van der Waals surface area contributed by atoms with Gasteiger partial charge in [-0.15, -0.1) is 0 Å². The molecule has 0 aliphatic carbocycles. The molecule has 0 saturated carbocycles. The Bertz CT molecular complexity index is 835. The number of nitrogens with one attached hydrogen (secondary N) is 2. The van der Waals surface area contributed by atoms with Gasteiger partial charge in [0.25, 0.3) is 11.6 Å². The maximum absolute atomic E-state index is 11.8. The molecule has 0 unspecified atom stereocenters. The number of benzene rings is 2. The Morgan fingerprint density at radius 2 is 1.85 bits per heavy atom. The summed E-state index contributed by atoms with van der Waals surface area (Å²) in [7, 11) is 1.53. The summed E-state index contributed by atoms with van der Waals surface area (Å²) in [4.78, 5) is 33.7. The fourth-order valence-electron chi connectivity index (χ4n) is 2.26. The molecule has 0 heterocycles. The lowest BCUT2D eigenvalue weighted by Gasteiger charge is -2.12. The van der Waals surface area contributed by atoms with Gasteiger partial charge in [-0.25, -0.2) is 4.79 Å². The number of nitrogens with zero attached hydrogens (tertiary/aromatic N) is 1. The summed E-state index contributed by atoms with van der Waals surface area (Å²) in [5.74, 6) is 0.268. The van der Waals surface area contributed by atoms with E-state index >= 15 is 0 Å². The molecule has 3 amide bonds. The number of rotatable bonds is 7. The van der Waals surface area contributed by atoms with E-state index in [0.29, 0.717) is 23.4 Å². The molecule has 0 bridgehead atoms. The van der Waals surface area contributed by atoms with Crippen LogP contribution in [0.4, 0.5) is 10.5 Å². The summed E-state index contributed by atoms with van der Waals surface area (Å²) in [5.41, 5.74) is 0.983. The molecule has 27 heavy (non-hydrogen) atoms. The fourth-order valence-corrected chi connectivity index (χ4v) is 2.26. The molecule has 0 aliphatic heterocycles. The summed E-state index contributed by atoms with van der Waals surface area (Å²) in [5, 5.41) is 15.6. The summed E-state index contributed by atoms with van der Waals surface area (Å²) in [6.45, 7) is 1.68. The molecule has 9 nitrogen and oxygen atoms in total. The van der Waals surface area contributed by atoms with Crippen LogP contribution in [0.25, 0.3) is 11.1 Å². The van der Waals surface area contributed by atoms with Crippen LogP contribution in [-0.4, -0.2) is 37.1 Å². The first kappa shape index (κ1) is 19.7. The van der Waals surface area contributed by atoms with E-state index in [2.05, 4.69) is 10.6 Å². The molecule has 2 aromatic rings. The van der Waals surface area contributed by atoms with Crippen molar-refractivity contribution in [3.8, 4) is 22.6 Å². The number of hydrogen-bond acceptors (Lipinski definition) is 6. The first-order valence-electron chi connectivity index (χ1n) is 8.08. The van der Waals surface area contributed by atoms with Crippen LogP contribution in [0, 0.1) is 10.1 Å². The quantitative estimate of drug-likeness (QED) is 0.568. The van der Waals surface area contributed by atoms with E-state index in [1.165, 1.54) is 25.3 Å². The zero-order valence-electron chi connectivity index (χ0n) is 14.9. The average Bonchev–Trinajstić information content (AvgIpc) is 2.66. The normalized spacial score (nSPS) is 10.0. The van der Waals surface area contributed by atoms with Gasteiger partial charge in [-0.2, -0.15) is 0 Å². The Kier molecular flexibility index (Phi) is 6.70. The van der Waals surface area contributed by atoms with Crippen LogP contribution in [0.1, 0.15) is 6.92 Å². The van der Waals surface area contributed by atoms with E-state index in [9.17, 15) is 19.7 Å². The maximum Gasteiger partial charge on any atom is 0.321 e. The Morgan fingerprint density at radius 1 is 1.15 bits per heavy atom. The molecule has 0 saturated heterocycles. The van der Waals surface area contributed by atoms with E-state index in [4.69, 9.17) is 9.47 Å². The van der Waals surface area contributed by atoms with Gasteiger partial charge in [0.2, 0.25) is 0 Å². The summed E-state index contributed by atoms with van der Waals surface area (Å²) in [6.07, 6.45) is 0. The van der Waals surface area contributed by atoms with Crippen LogP contribution in [0.3, 0.4) is 0 Å². The standard InChI is InChI=1S/C18H19N3O6/c1-3-19-18(23)20-17(22)11-27-16-9-6-13(21(24)25)10-15(16)12-4-7-14(26-2)8-5-12/h4-10H,3,11H2,1-2H3,(H2,19,20,22,23). The predicted octanol–water partition coefficient (Wildman–Crippen LogP) is 2.49. The first-order valence-corrected chi connectivity index (χ1v) is 8.08. The largest absolute Gasteiger partial charge is 0.497 e. The van der Waals surface area contributed by atoms with Gasteiger partial charge in [0.05, 0.1) is 12.0 Å². The van der Waals surface area contributed by atoms with Gasteiger partial charge in [0, 0.05) is 24.2 Å². The fraction of sp³-hybridized carbons (Fsp3) is 0.222. The minimum atomic E-state index is -0.639. The molecule has 2 rings (SSSR count). The van der Waals surface area contributed by atoms with E-state index in [1.807, 2.05) is 0 Å². The van der Waals surface area contributed by atoms with Gasteiger partial charge in [-0.3, -0.25) is 20.2 Å². The van der Waals surface area contributed by atoms with Crippen molar-refractivity contribution >= 4 is 17.6 Å². The van der Waals surface area contributed by atoms with E-state index < -0.39 is 23.5 Å². The SMILES string of the molecule is CCNC(=O)NC(=O)COc1ccc([N+](=O)[O-])cc1-c1ccc(OC)cc1. The highest BCUT2D eigenvalue weighted by molar-refractivity contribution is 5.95. The molecule has 0 atom stereocenters. The van der Waals surface area contributed by atoms with Crippen molar-refractivity contribution in [1.29, 1.82) is 0 Å². The lowest BCUT2D eigenvalue weighted by atomic mass is 10.0. The third kappa shape index (κ3) is 5.43. The Balaban J connectivity index is 2.23. The monoisotopic (exact) mass is 373 g/mol. The van der Waals surface area contributed by atoms with Crippen molar-refractivity contribution in [3.05, 3.63) is 52.6 Å². The van der Waals surface area contributed by atoms with Crippen LogP contribution < -0.4 is 20.1 Å². The van der Waals surface area contributed by atoms with Crippen molar-refractivity contribution in [2.45, 2.75) is 6.92 Å². The number of methoxy groups -OCH3 is 1. The predicted molar refractivity (Wildman–Crippen MR) is 97.8 cm³/mol. The molecular formula is C18H19N3O6. The van der Waals surface area contributed by atoms with Gasteiger partial charge in [-0.05, 0) is 30.7 Å².